The van der Waals surface area contributed by atoms with Crippen LogP contribution in [0.4, 0.5) is 26.3 Å². The lowest BCUT2D eigenvalue weighted by atomic mass is 9.90. The summed E-state index contributed by atoms with van der Waals surface area (Å²) in [6.07, 6.45) is -5.37. The van der Waals surface area contributed by atoms with E-state index in [2.05, 4.69) is 0 Å². The molecule has 2 aliphatic carbocycles. The highest BCUT2D eigenvalue weighted by Gasteiger charge is 2.46. The van der Waals surface area contributed by atoms with Gasteiger partial charge in [-0.3, -0.25) is 0 Å². The van der Waals surface area contributed by atoms with E-state index in [-0.39, 0.29) is 22.6 Å². The first-order valence-corrected chi connectivity index (χ1v) is 16.6. The molecule has 0 heterocycles. The molecule has 0 amide bonds. The smallest absolute Gasteiger partial charge is 0.416 e. The number of benzene rings is 4. The molecule has 6 rings (SSSR count). The van der Waals surface area contributed by atoms with Gasteiger partial charge in [-0.05, 0) is 58.7 Å². The van der Waals surface area contributed by atoms with Gasteiger partial charge in [0.1, 0.15) is 19.6 Å². The molecule has 2 N–H and O–H groups in total. The van der Waals surface area contributed by atoms with Crippen molar-refractivity contribution in [3.63, 3.8) is 0 Å². The summed E-state index contributed by atoms with van der Waals surface area (Å²) in [4.78, 5) is 0. The molecule has 0 bridgehead atoms. The number of halogens is 6. The van der Waals surface area contributed by atoms with Crippen molar-refractivity contribution in [2.75, 3.05) is 0 Å². The highest BCUT2D eigenvalue weighted by molar-refractivity contribution is 6.92. The summed E-state index contributed by atoms with van der Waals surface area (Å²) in [6.45, 7) is 4.02. The third-order valence-corrected chi connectivity index (χ3v) is 12.4. The SMILES string of the molecule is C[Si](C)(C1=Cc2ccccc2C1c1cc(C(F)(F)F)ccc1O)C1=Cc2ccccc2C1c1cc(C(F)(F)F)ccc1O. The van der Waals surface area contributed by atoms with Crippen LogP contribution in [0.5, 0.6) is 11.5 Å². The van der Waals surface area contributed by atoms with Crippen molar-refractivity contribution in [3.05, 3.63) is 140 Å². The fraction of sp³-hybridized carbons (Fsp3) is 0.176. The minimum atomic E-state index is -4.63. The van der Waals surface area contributed by atoms with E-state index in [1.807, 2.05) is 61.6 Å². The third kappa shape index (κ3) is 4.85. The van der Waals surface area contributed by atoms with Gasteiger partial charge in [0.05, 0.1) is 11.1 Å². The quantitative estimate of drug-likeness (QED) is 0.179. The zero-order valence-electron chi connectivity index (χ0n) is 23.1. The average Bonchev–Trinajstić information content (AvgIpc) is 3.53. The van der Waals surface area contributed by atoms with Crippen molar-refractivity contribution in [1.82, 2.24) is 0 Å². The number of allylic oxidation sites excluding steroid dienone is 2. The minimum absolute atomic E-state index is 0.112. The van der Waals surface area contributed by atoms with Crippen molar-refractivity contribution in [2.45, 2.75) is 37.3 Å². The maximum atomic E-state index is 13.8. The Morgan fingerprint density at radius 1 is 0.535 bits per heavy atom. The second-order valence-corrected chi connectivity index (χ2v) is 15.9. The van der Waals surface area contributed by atoms with E-state index < -0.39 is 43.4 Å². The Hall–Kier alpha value is -4.24. The Bertz CT molecular complexity index is 1690. The molecule has 2 unspecified atom stereocenters. The number of aromatic hydroxyl groups is 2. The summed E-state index contributed by atoms with van der Waals surface area (Å²) in [5.74, 6) is -1.97. The van der Waals surface area contributed by atoms with E-state index in [1.165, 1.54) is 0 Å². The number of hydrogen-bond donors (Lipinski definition) is 2. The Balaban J connectivity index is 1.55. The van der Waals surface area contributed by atoms with Crippen molar-refractivity contribution in [2.24, 2.45) is 0 Å². The maximum absolute atomic E-state index is 13.8. The summed E-state index contributed by atoms with van der Waals surface area (Å²) < 4.78 is 82.8. The lowest BCUT2D eigenvalue weighted by molar-refractivity contribution is -0.138. The highest BCUT2D eigenvalue weighted by atomic mass is 28.3. The van der Waals surface area contributed by atoms with Crippen molar-refractivity contribution in [1.29, 1.82) is 0 Å². The van der Waals surface area contributed by atoms with Gasteiger partial charge < -0.3 is 10.2 Å². The van der Waals surface area contributed by atoms with E-state index >= 15 is 0 Å². The monoisotopic (exact) mass is 608 g/mol. The number of fused-ring (bicyclic) bond motifs is 2. The van der Waals surface area contributed by atoms with Gasteiger partial charge in [0.15, 0.2) is 0 Å². The van der Waals surface area contributed by atoms with Gasteiger partial charge in [0.2, 0.25) is 0 Å². The molecule has 2 nitrogen and oxygen atoms in total. The minimum Gasteiger partial charge on any atom is -0.508 e. The van der Waals surface area contributed by atoms with Crippen molar-refractivity contribution in [3.8, 4) is 11.5 Å². The molecule has 9 heteroatoms. The van der Waals surface area contributed by atoms with Crippen LogP contribution in [0.25, 0.3) is 12.2 Å². The van der Waals surface area contributed by atoms with Crippen LogP contribution in [-0.2, 0) is 12.4 Å². The summed E-state index contributed by atoms with van der Waals surface area (Å²) >= 11 is 0. The van der Waals surface area contributed by atoms with Crippen LogP contribution in [0.3, 0.4) is 0 Å². The molecule has 0 spiro atoms. The number of phenolic OH excluding ortho intramolecular Hbond substituents is 2. The lowest BCUT2D eigenvalue weighted by Gasteiger charge is -2.35. The van der Waals surface area contributed by atoms with E-state index in [0.29, 0.717) is 0 Å². The Kier molecular flexibility index (Phi) is 6.65. The van der Waals surface area contributed by atoms with Crippen LogP contribution in [0.1, 0.15) is 56.3 Å². The second-order valence-electron chi connectivity index (χ2n) is 11.5. The van der Waals surface area contributed by atoms with Crippen molar-refractivity contribution >= 4 is 20.2 Å². The van der Waals surface area contributed by atoms with Crippen LogP contribution in [0.2, 0.25) is 13.1 Å². The fourth-order valence-corrected chi connectivity index (χ4v) is 9.92. The molecule has 0 aliphatic heterocycles. The molecule has 4 aromatic carbocycles. The molecular formula is C34H26F6O2Si. The van der Waals surface area contributed by atoms with Crippen LogP contribution in [-0.4, -0.2) is 18.3 Å². The largest absolute Gasteiger partial charge is 0.508 e. The molecule has 0 aromatic heterocycles. The zero-order valence-corrected chi connectivity index (χ0v) is 24.1. The standard InChI is InChI=1S/C34H26F6O2Si/c1-43(2,29-15-19-7-3-5-9-23(19)31(29)25-17-21(33(35,36)37)11-13-27(25)41)30-16-20-8-4-6-10-24(20)32(30)26-18-22(34(38,39)40)12-14-28(26)42/h3-18,31-32,41-42H,1-2H3. The van der Waals surface area contributed by atoms with Gasteiger partial charge in [0, 0.05) is 23.0 Å². The zero-order chi connectivity index (χ0) is 30.9. The Morgan fingerprint density at radius 3 is 1.28 bits per heavy atom. The van der Waals surface area contributed by atoms with Crippen LogP contribution in [0, 0.1) is 0 Å². The molecule has 4 aromatic rings. The Labute approximate surface area is 245 Å². The lowest BCUT2D eigenvalue weighted by Crippen LogP contribution is -2.36. The molecule has 43 heavy (non-hydrogen) atoms. The van der Waals surface area contributed by atoms with E-state index in [4.69, 9.17) is 0 Å². The number of alkyl halides is 6. The van der Waals surface area contributed by atoms with E-state index in [0.717, 1.165) is 69.0 Å². The van der Waals surface area contributed by atoms with Gasteiger partial charge in [-0.2, -0.15) is 26.3 Å². The predicted molar refractivity (Wildman–Crippen MR) is 156 cm³/mol. The second kappa shape index (κ2) is 9.91. The molecule has 0 saturated heterocycles. The van der Waals surface area contributed by atoms with Gasteiger partial charge in [0.25, 0.3) is 0 Å². The van der Waals surface area contributed by atoms with Crippen LogP contribution < -0.4 is 0 Å². The molecule has 2 aliphatic rings. The molecule has 0 radical (unpaired) electrons. The van der Waals surface area contributed by atoms with Crippen molar-refractivity contribution < 1.29 is 36.6 Å². The van der Waals surface area contributed by atoms with Gasteiger partial charge in [-0.1, -0.05) is 84.2 Å². The summed E-state index contributed by atoms with van der Waals surface area (Å²) in [5, 5.41) is 23.4. The first-order valence-electron chi connectivity index (χ1n) is 13.6. The topological polar surface area (TPSA) is 40.5 Å². The molecule has 220 valence electrons. The fourth-order valence-electron chi connectivity index (χ4n) is 6.49. The van der Waals surface area contributed by atoms with E-state index in [9.17, 15) is 36.6 Å². The molecule has 2 atom stereocenters. The van der Waals surface area contributed by atoms with E-state index in [1.54, 1.807) is 12.1 Å². The normalized spacial score (nSPS) is 18.2. The van der Waals surface area contributed by atoms with Crippen LogP contribution >= 0.6 is 0 Å². The predicted octanol–water partition coefficient (Wildman–Crippen LogP) is 9.68. The average molecular weight is 609 g/mol. The van der Waals surface area contributed by atoms with Gasteiger partial charge >= 0.3 is 12.4 Å². The summed E-state index contributed by atoms with van der Waals surface area (Å²) in [7, 11) is -2.96. The maximum Gasteiger partial charge on any atom is 0.416 e. The van der Waals surface area contributed by atoms with Gasteiger partial charge in [-0.25, -0.2) is 0 Å². The molecule has 0 fully saturated rings. The van der Waals surface area contributed by atoms with Gasteiger partial charge in [-0.15, -0.1) is 0 Å². The molecule has 0 saturated carbocycles. The third-order valence-electron chi connectivity index (χ3n) is 8.63. The number of rotatable bonds is 4. The highest BCUT2D eigenvalue weighted by Crippen LogP contribution is 2.55. The van der Waals surface area contributed by atoms with Crippen LogP contribution in [0.15, 0.2) is 95.3 Å². The summed E-state index contributed by atoms with van der Waals surface area (Å²) in [5.41, 5.74) is 1.53. The number of hydrogen-bond acceptors (Lipinski definition) is 2. The molecular weight excluding hydrogens is 582 g/mol. The summed E-state index contributed by atoms with van der Waals surface area (Å²) in [6, 6.07) is 20.3. The Morgan fingerprint density at radius 2 is 0.907 bits per heavy atom. The number of phenols is 2. The first kappa shape index (κ1) is 28.9. The first-order chi connectivity index (χ1) is 20.2.